The van der Waals surface area contributed by atoms with Crippen molar-refractivity contribution in [3.05, 3.63) is 29.3 Å². The summed E-state index contributed by atoms with van der Waals surface area (Å²) >= 11 is 0.942. The predicted molar refractivity (Wildman–Crippen MR) is 44.8 cm³/mol. The first kappa shape index (κ1) is 9.28. The minimum Gasteiger partial charge on any atom is -0.356 e. The molecule has 2 nitrogen and oxygen atoms in total. The van der Waals surface area contributed by atoms with Gasteiger partial charge in [0.1, 0.15) is 0 Å². The molecule has 0 fully saturated rings. The Labute approximate surface area is 72.8 Å². The molecule has 0 aromatic carbocycles. The fourth-order valence-electron chi connectivity index (χ4n) is 0.709. The van der Waals surface area contributed by atoms with Gasteiger partial charge >= 0.3 is 0 Å². The van der Waals surface area contributed by atoms with Crippen LogP contribution in [0.2, 0.25) is 0 Å². The Balaban J connectivity index is 2.58. The average Bonchev–Trinajstić information content (AvgIpc) is 2.48. The van der Waals surface area contributed by atoms with Crippen molar-refractivity contribution in [1.82, 2.24) is 4.98 Å². The Morgan fingerprint density at radius 2 is 2.42 bits per heavy atom. The van der Waals surface area contributed by atoms with Crippen molar-refractivity contribution < 1.29 is 8.78 Å². The number of hydrogen-bond donors (Lipinski definition) is 2. The first-order valence-corrected chi connectivity index (χ1v) is 4.15. The molecule has 3 N–H and O–H groups in total. The zero-order valence-corrected chi connectivity index (χ0v) is 7.00. The van der Waals surface area contributed by atoms with E-state index < -0.39 is 6.08 Å². The lowest BCUT2D eigenvalue weighted by atomic mass is 10.4. The molecule has 66 valence electrons. The van der Waals surface area contributed by atoms with Gasteiger partial charge in [0.05, 0.1) is 5.03 Å². The van der Waals surface area contributed by atoms with Gasteiger partial charge in [0, 0.05) is 18.1 Å². The minimum atomic E-state index is -1.69. The van der Waals surface area contributed by atoms with Crippen LogP contribution in [0.15, 0.2) is 28.8 Å². The number of aromatic amines is 1. The third kappa shape index (κ3) is 2.67. The monoisotopic (exact) mass is 190 g/mol. The third-order valence-electron chi connectivity index (χ3n) is 1.23. The highest BCUT2D eigenvalue weighted by Gasteiger charge is 1.97. The van der Waals surface area contributed by atoms with E-state index in [0.717, 1.165) is 22.7 Å². The molecule has 0 saturated carbocycles. The molecule has 0 unspecified atom stereocenters. The number of halogens is 2. The second kappa shape index (κ2) is 4.27. The summed E-state index contributed by atoms with van der Waals surface area (Å²) in [5.74, 6) is 0. The molecule has 1 rings (SSSR count). The lowest BCUT2D eigenvalue weighted by Crippen LogP contribution is -1.92. The van der Waals surface area contributed by atoms with E-state index in [-0.39, 0.29) is 0 Å². The Morgan fingerprint density at radius 3 is 2.92 bits per heavy atom. The number of hydrogen-bond acceptors (Lipinski definition) is 2. The normalized spacial score (nSPS) is 9.92. The molecular weight excluding hydrogens is 182 g/mol. The molecule has 0 radical (unpaired) electrons. The van der Waals surface area contributed by atoms with Gasteiger partial charge < -0.3 is 10.7 Å². The highest BCUT2D eigenvalue weighted by molar-refractivity contribution is 8.02. The van der Waals surface area contributed by atoms with Crippen LogP contribution in [0.4, 0.5) is 8.78 Å². The molecule has 0 atom stereocenters. The molecule has 0 amide bonds. The van der Waals surface area contributed by atoms with Gasteiger partial charge in [-0.15, -0.1) is 0 Å². The smallest absolute Gasteiger partial charge is 0.276 e. The van der Waals surface area contributed by atoms with Crippen LogP contribution >= 0.6 is 11.8 Å². The first-order chi connectivity index (χ1) is 5.72. The fourth-order valence-corrected chi connectivity index (χ4v) is 1.27. The summed E-state index contributed by atoms with van der Waals surface area (Å²) in [6.07, 6.45) is 0.00987. The molecule has 0 aliphatic carbocycles. The second-order valence-electron chi connectivity index (χ2n) is 2.10. The fraction of sp³-hybridized carbons (Fsp3) is 0.143. The van der Waals surface area contributed by atoms with Gasteiger partial charge in [-0.05, 0) is 11.6 Å². The number of aromatic nitrogens is 1. The van der Waals surface area contributed by atoms with Gasteiger partial charge in [0.25, 0.3) is 6.08 Å². The molecule has 0 bridgehead atoms. The van der Waals surface area contributed by atoms with E-state index in [4.69, 9.17) is 5.73 Å². The SMILES string of the molecule is NCc1c[nH]c(SC=C(F)F)c1. The molecule has 1 aromatic heterocycles. The molecule has 5 heteroatoms. The van der Waals surface area contributed by atoms with E-state index >= 15 is 0 Å². The Kier molecular flexibility index (Phi) is 3.31. The summed E-state index contributed by atoms with van der Waals surface area (Å²) in [5.41, 5.74) is 6.23. The second-order valence-corrected chi connectivity index (χ2v) is 3.01. The lowest BCUT2D eigenvalue weighted by molar-refractivity contribution is 0.424. The molecule has 0 aliphatic rings. The summed E-state index contributed by atoms with van der Waals surface area (Å²) in [4.78, 5) is 2.82. The minimum absolute atomic E-state index is 0.416. The van der Waals surface area contributed by atoms with Crippen molar-refractivity contribution in [3.63, 3.8) is 0 Å². The summed E-state index contributed by atoms with van der Waals surface area (Å²) < 4.78 is 23.2. The molecule has 1 aromatic rings. The summed E-state index contributed by atoms with van der Waals surface area (Å²) in [6, 6.07) is 1.74. The standard InChI is InChI=1S/C7H8F2N2S/c8-6(9)4-12-7-1-5(2-10)3-11-7/h1,3-4,11H,2,10H2. The highest BCUT2D eigenvalue weighted by Crippen LogP contribution is 2.20. The van der Waals surface area contributed by atoms with Crippen molar-refractivity contribution in [3.8, 4) is 0 Å². The van der Waals surface area contributed by atoms with E-state index in [1.165, 1.54) is 0 Å². The van der Waals surface area contributed by atoms with Crippen molar-refractivity contribution in [2.24, 2.45) is 5.73 Å². The van der Waals surface area contributed by atoms with Gasteiger partial charge in [0.15, 0.2) is 0 Å². The number of H-pyrrole nitrogens is 1. The van der Waals surface area contributed by atoms with Crippen molar-refractivity contribution in [2.45, 2.75) is 11.6 Å². The molecule has 12 heavy (non-hydrogen) atoms. The van der Waals surface area contributed by atoms with Crippen LogP contribution in [0.3, 0.4) is 0 Å². The topological polar surface area (TPSA) is 41.8 Å². The maximum atomic E-state index is 11.6. The van der Waals surface area contributed by atoms with Crippen molar-refractivity contribution >= 4 is 11.8 Å². The van der Waals surface area contributed by atoms with E-state index in [2.05, 4.69) is 4.98 Å². The highest BCUT2D eigenvalue weighted by atomic mass is 32.2. The number of nitrogens with one attached hydrogen (secondary N) is 1. The van der Waals surface area contributed by atoms with Gasteiger partial charge in [-0.2, -0.15) is 8.78 Å². The molecule has 0 aliphatic heterocycles. The Hall–Kier alpha value is -0.810. The quantitative estimate of drug-likeness (QED) is 0.718. The number of rotatable bonds is 3. The lowest BCUT2D eigenvalue weighted by Gasteiger charge is -1.86. The van der Waals surface area contributed by atoms with Crippen LogP contribution in [-0.2, 0) is 6.54 Å². The van der Waals surface area contributed by atoms with Crippen LogP contribution < -0.4 is 5.73 Å². The van der Waals surface area contributed by atoms with Gasteiger partial charge in [-0.3, -0.25) is 0 Å². The number of nitrogens with two attached hydrogens (primary N) is 1. The van der Waals surface area contributed by atoms with Gasteiger partial charge in [-0.1, -0.05) is 11.8 Å². The largest absolute Gasteiger partial charge is 0.356 e. The van der Waals surface area contributed by atoms with Crippen LogP contribution in [0.5, 0.6) is 0 Å². The molecule has 0 spiro atoms. The predicted octanol–water partition coefficient (Wildman–Crippen LogP) is 2.30. The van der Waals surface area contributed by atoms with Gasteiger partial charge in [0.2, 0.25) is 0 Å². The van der Waals surface area contributed by atoms with Crippen LogP contribution in [0, 0.1) is 0 Å². The Bertz CT molecular complexity index is 279. The summed E-state index contributed by atoms with van der Waals surface area (Å²) in [5, 5.41) is 1.45. The molecular formula is C7H8F2N2S. The third-order valence-corrected chi connectivity index (χ3v) is 2.01. The maximum Gasteiger partial charge on any atom is 0.276 e. The maximum absolute atomic E-state index is 11.6. The van der Waals surface area contributed by atoms with E-state index in [1.807, 2.05) is 0 Å². The molecule has 1 heterocycles. The van der Waals surface area contributed by atoms with Gasteiger partial charge in [-0.25, -0.2) is 0 Å². The van der Waals surface area contributed by atoms with Crippen LogP contribution in [0.1, 0.15) is 5.56 Å². The average molecular weight is 190 g/mol. The van der Waals surface area contributed by atoms with Crippen molar-refractivity contribution in [2.75, 3.05) is 0 Å². The molecule has 0 saturated heterocycles. The van der Waals surface area contributed by atoms with E-state index in [1.54, 1.807) is 12.3 Å². The zero-order chi connectivity index (χ0) is 8.97. The van der Waals surface area contributed by atoms with Crippen LogP contribution in [-0.4, -0.2) is 4.98 Å². The zero-order valence-electron chi connectivity index (χ0n) is 6.18. The van der Waals surface area contributed by atoms with E-state index in [0.29, 0.717) is 11.6 Å². The summed E-state index contributed by atoms with van der Waals surface area (Å²) in [6.45, 7) is 0.416. The Morgan fingerprint density at radius 1 is 1.67 bits per heavy atom. The number of thioether (sulfide) groups is 1. The van der Waals surface area contributed by atoms with Crippen LogP contribution in [0.25, 0.3) is 0 Å². The summed E-state index contributed by atoms with van der Waals surface area (Å²) in [7, 11) is 0. The van der Waals surface area contributed by atoms with Crippen molar-refractivity contribution in [1.29, 1.82) is 0 Å². The van der Waals surface area contributed by atoms with E-state index in [9.17, 15) is 8.78 Å². The first-order valence-electron chi connectivity index (χ1n) is 3.27.